The topological polar surface area (TPSA) is 38.1 Å². The molecule has 0 unspecified atom stereocenters. The van der Waals surface area contributed by atoms with Crippen molar-refractivity contribution in [3.05, 3.63) is 54.1 Å². The monoisotopic (exact) mass is 299 g/mol. The summed E-state index contributed by atoms with van der Waals surface area (Å²) in [5.74, 6) is 1.09. The Bertz CT molecular complexity index is 602. The van der Waals surface area contributed by atoms with Crippen LogP contribution in [0.3, 0.4) is 0 Å². The van der Waals surface area contributed by atoms with E-state index in [1.165, 1.54) is 5.56 Å². The molecule has 1 aromatic carbocycles. The van der Waals surface area contributed by atoms with Crippen LogP contribution in [0.2, 0.25) is 0 Å². The summed E-state index contributed by atoms with van der Waals surface area (Å²) in [6.07, 6.45) is 3.78. The first-order valence-electron chi connectivity index (χ1n) is 7.83. The van der Waals surface area contributed by atoms with Crippen LogP contribution in [-0.4, -0.2) is 26.4 Å². The van der Waals surface area contributed by atoms with Crippen LogP contribution in [0, 0.1) is 5.92 Å². The highest BCUT2D eigenvalue weighted by atomic mass is 16.2. The zero-order chi connectivity index (χ0) is 16.1. The first-order valence-corrected chi connectivity index (χ1v) is 7.83. The maximum atomic E-state index is 12.4. The van der Waals surface area contributed by atoms with E-state index in [-0.39, 0.29) is 17.9 Å². The summed E-state index contributed by atoms with van der Waals surface area (Å²) in [4.78, 5) is 18.7. The molecule has 0 radical (unpaired) electrons. The number of carbonyl (C=O) groups is 1. The van der Waals surface area contributed by atoms with Gasteiger partial charge in [0.2, 0.25) is 5.91 Å². The van der Waals surface area contributed by atoms with Gasteiger partial charge in [0.25, 0.3) is 0 Å². The van der Waals surface area contributed by atoms with Crippen LogP contribution >= 0.6 is 0 Å². The summed E-state index contributed by atoms with van der Waals surface area (Å²) in [5.41, 5.74) is 1.23. The average Bonchev–Trinajstić information content (AvgIpc) is 2.91. The van der Waals surface area contributed by atoms with Crippen LogP contribution in [0.15, 0.2) is 42.7 Å². The summed E-state index contributed by atoms with van der Waals surface area (Å²) in [5, 5.41) is 0. The molecular weight excluding hydrogens is 274 g/mol. The number of hydrogen-bond acceptors (Lipinski definition) is 2. The summed E-state index contributed by atoms with van der Waals surface area (Å²) < 4.78 is 2.11. The predicted octanol–water partition coefficient (Wildman–Crippen LogP) is 3.32. The molecule has 1 amide bonds. The van der Waals surface area contributed by atoms with Crippen LogP contribution < -0.4 is 0 Å². The van der Waals surface area contributed by atoms with Gasteiger partial charge in [-0.05, 0) is 19.4 Å². The molecule has 0 aliphatic rings. The standard InChI is InChI=1S/C18H25N3O/c1-14(2)18(22)21(15(3)4)13-17-19-10-11-20(17)12-16-8-6-5-7-9-16/h5-11,14-15H,12-13H2,1-4H3. The number of nitrogens with zero attached hydrogens (tertiary/aromatic N) is 3. The normalized spacial score (nSPS) is 11.2. The van der Waals surface area contributed by atoms with E-state index < -0.39 is 0 Å². The molecule has 4 heteroatoms. The van der Waals surface area contributed by atoms with Gasteiger partial charge in [0.1, 0.15) is 5.82 Å². The Morgan fingerprint density at radius 3 is 2.45 bits per heavy atom. The number of benzene rings is 1. The highest BCUT2D eigenvalue weighted by Crippen LogP contribution is 2.13. The number of amides is 1. The van der Waals surface area contributed by atoms with Crippen LogP contribution in [0.4, 0.5) is 0 Å². The van der Waals surface area contributed by atoms with Gasteiger partial charge in [0, 0.05) is 30.9 Å². The molecule has 4 nitrogen and oxygen atoms in total. The largest absolute Gasteiger partial charge is 0.333 e. The van der Waals surface area contributed by atoms with E-state index in [0.29, 0.717) is 6.54 Å². The van der Waals surface area contributed by atoms with Gasteiger partial charge < -0.3 is 9.47 Å². The lowest BCUT2D eigenvalue weighted by molar-refractivity contribution is -0.137. The van der Waals surface area contributed by atoms with Crippen molar-refractivity contribution in [2.75, 3.05) is 0 Å². The van der Waals surface area contributed by atoms with Crippen LogP contribution in [0.1, 0.15) is 39.1 Å². The SMILES string of the molecule is CC(C)C(=O)N(Cc1nccn1Cc1ccccc1)C(C)C. The summed E-state index contributed by atoms with van der Waals surface area (Å²) in [6.45, 7) is 9.30. The molecule has 0 bridgehead atoms. The zero-order valence-electron chi connectivity index (χ0n) is 13.9. The van der Waals surface area contributed by atoms with Crippen LogP contribution in [0.5, 0.6) is 0 Å². The molecule has 0 saturated carbocycles. The number of rotatable bonds is 6. The third kappa shape index (κ3) is 3.97. The van der Waals surface area contributed by atoms with E-state index in [4.69, 9.17) is 0 Å². The van der Waals surface area contributed by atoms with Gasteiger partial charge in [-0.3, -0.25) is 4.79 Å². The Morgan fingerprint density at radius 2 is 1.86 bits per heavy atom. The quantitative estimate of drug-likeness (QED) is 0.820. The highest BCUT2D eigenvalue weighted by molar-refractivity contribution is 5.78. The smallest absolute Gasteiger partial charge is 0.225 e. The fourth-order valence-electron chi connectivity index (χ4n) is 2.41. The third-order valence-electron chi connectivity index (χ3n) is 3.71. The van der Waals surface area contributed by atoms with Gasteiger partial charge in [0.05, 0.1) is 6.54 Å². The Morgan fingerprint density at radius 1 is 1.18 bits per heavy atom. The fraction of sp³-hybridized carbons (Fsp3) is 0.444. The molecule has 1 heterocycles. The molecule has 0 atom stereocenters. The van der Waals surface area contributed by atoms with Crippen molar-refractivity contribution in [1.82, 2.24) is 14.5 Å². The summed E-state index contributed by atoms with van der Waals surface area (Å²) in [6, 6.07) is 10.5. The number of imidazole rings is 1. The highest BCUT2D eigenvalue weighted by Gasteiger charge is 2.21. The Balaban J connectivity index is 2.16. The van der Waals surface area contributed by atoms with Crippen molar-refractivity contribution in [2.24, 2.45) is 5.92 Å². The summed E-state index contributed by atoms with van der Waals surface area (Å²) in [7, 11) is 0. The minimum absolute atomic E-state index is 0.0000596. The Hall–Kier alpha value is -2.10. The molecule has 0 aliphatic carbocycles. The van der Waals surface area contributed by atoms with E-state index in [1.54, 1.807) is 6.20 Å². The second-order valence-electron chi connectivity index (χ2n) is 6.17. The minimum atomic E-state index is -0.0000596. The molecule has 0 fully saturated rings. The van der Waals surface area contributed by atoms with Crippen molar-refractivity contribution in [3.63, 3.8) is 0 Å². The van der Waals surface area contributed by atoms with Gasteiger partial charge in [0.15, 0.2) is 0 Å². The minimum Gasteiger partial charge on any atom is -0.333 e. The maximum Gasteiger partial charge on any atom is 0.225 e. The second-order valence-corrected chi connectivity index (χ2v) is 6.17. The first kappa shape index (κ1) is 16.3. The van der Waals surface area contributed by atoms with Crippen LogP contribution in [-0.2, 0) is 17.9 Å². The lowest BCUT2D eigenvalue weighted by atomic mass is 10.1. The van der Waals surface area contributed by atoms with Crippen molar-refractivity contribution < 1.29 is 4.79 Å². The molecular formula is C18H25N3O. The van der Waals surface area contributed by atoms with E-state index in [9.17, 15) is 4.79 Å². The number of hydrogen-bond donors (Lipinski definition) is 0. The molecule has 0 N–H and O–H groups in total. The van der Waals surface area contributed by atoms with Gasteiger partial charge in [-0.15, -0.1) is 0 Å². The summed E-state index contributed by atoms with van der Waals surface area (Å²) >= 11 is 0. The van der Waals surface area contributed by atoms with Crippen molar-refractivity contribution in [1.29, 1.82) is 0 Å². The van der Waals surface area contributed by atoms with Crippen LogP contribution in [0.25, 0.3) is 0 Å². The van der Waals surface area contributed by atoms with E-state index >= 15 is 0 Å². The van der Waals surface area contributed by atoms with E-state index in [2.05, 4.69) is 21.7 Å². The second kappa shape index (κ2) is 7.25. The molecule has 0 saturated heterocycles. The van der Waals surface area contributed by atoms with E-state index in [0.717, 1.165) is 12.4 Å². The number of aromatic nitrogens is 2. The van der Waals surface area contributed by atoms with Gasteiger partial charge >= 0.3 is 0 Å². The average molecular weight is 299 g/mol. The van der Waals surface area contributed by atoms with Crippen molar-refractivity contribution in [2.45, 2.75) is 46.8 Å². The zero-order valence-corrected chi connectivity index (χ0v) is 13.9. The molecule has 0 aliphatic heterocycles. The maximum absolute atomic E-state index is 12.4. The molecule has 118 valence electrons. The predicted molar refractivity (Wildman–Crippen MR) is 88.3 cm³/mol. The Kier molecular flexibility index (Phi) is 5.36. The van der Waals surface area contributed by atoms with Crippen molar-refractivity contribution in [3.8, 4) is 0 Å². The third-order valence-corrected chi connectivity index (χ3v) is 3.71. The van der Waals surface area contributed by atoms with E-state index in [1.807, 2.05) is 57.0 Å². The fourth-order valence-corrected chi connectivity index (χ4v) is 2.41. The van der Waals surface area contributed by atoms with Crippen molar-refractivity contribution >= 4 is 5.91 Å². The first-order chi connectivity index (χ1) is 10.5. The lowest BCUT2D eigenvalue weighted by Crippen LogP contribution is -2.39. The molecule has 2 rings (SSSR count). The Labute approximate surface area is 132 Å². The van der Waals surface area contributed by atoms with Gasteiger partial charge in [-0.25, -0.2) is 4.98 Å². The lowest BCUT2D eigenvalue weighted by Gasteiger charge is -2.28. The molecule has 22 heavy (non-hydrogen) atoms. The molecule has 0 spiro atoms. The molecule has 1 aromatic heterocycles. The van der Waals surface area contributed by atoms with Gasteiger partial charge in [-0.2, -0.15) is 0 Å². The van der Waals surface area contributed by atoms with Gasteiger partial charge in [-0.1, -0.05) is 44.2 Å². The number of carbonyl (C=O) groups excluding carboxylic acids is 1. The molecule has 2 aromatic rings.